The largest absolute Gasteiger partial charge is 0.417 e. The van der Waals surface area contributed by atoms with Crippen LogP contribution in [0, 0.1) is 0 Å². The first-order valence-corrected chi connectivity index (χ1v) is 6.14. The van der Waals surface area contributed by atoms with Gasteiger partial charge in [0.2, 0.25) is 0 Å². The van der Waals surface area contributed by atoms with E-state index >= 15 is 0 Å². The van der Waals surface area contributed by atoms with Crippen molar-refractivity contribution in [3.05, 3.63) is 40.3 Å². The van der Waals surface area contributed by atoms with Gasteiger partial charge in [0, 0.05) is 29.4 Å². The van der Waals surface area contributed by atoms with E-state index < -0.39 is 11.7 Å². The van der Waals surface area contributed by atoms with Crippen LogP contribution in [0.5, 0.6) is 0 Å². The van der Waals surface area contributed by atoms with Crippen molar-refractivity contribution in [2.45, 2.75) is 12.7 Å². The molecule has 0 radical (unpaired) electrons. The van der Waals surface area contributed by atoms with Crippen LogP contribution in [0.15, 0.2) is 29.9 Å². The third-order valence-corrected chi connectivity index (χ3v) is 3.38. The minimum atomic E-state index is -4.36. The lowest BCUT2D eigenvalue weighted by Gasteiger charge is -2.10. The van der Waals surface area contributed by atoms with Gasteiger partial charge in [0.1, 0.15) is 0 Å². The Morgan fingerprint density at radius 3 is 2.83 bits per heavy atom. The van der Waals surface area contributed by atoms with Gasteiger partial charge in [-0.15, -0.1) is 11.3 Å². The highest BCUT2D eigenvalue weighted by Crippen LogP contribution is 2.37. The van der Waals surface area contributed by atoms with Crippen LogP contribution >= 0.6 is 11.3 Å². The molecular formula is C12H11F3N2S. The lowest BCUT2D eigenvalue weighted by atomic mass is 10.0. The first-order valence-electron chi connectivity index (χ1n) is 5.26. The number of nitrogens with zero attached hydrogens (tertiary/aromatic N) is 1. The van der Waals surface area contributed by atoms with Crippen molar-refractivity contribution in [2.24, 2.45) is 0 Å². The zero-order valence-electron chi connectivity index (χ0n) is 9.58. The number of alkyl halides is 3. The number of hydrogen-bond donors (Lipinski definition) is 1. The van der Waals surface area contributed by atoms with E-state index in [1.54, 1.807) is 18.5 Å². The van der Waals surface area contributed by atoms with Gasteiger partial charge < -0.3 is 5.32 Å². The fraction of sp³-hybridized carbons (Fsp3) is 0.250. The van der Waals surface area contributed by atoms with E-state index in [-0.39, 0.29) is 5.56 Å². The maximum absolute atomic E-state index is 12.9. The van der Waals surface area contributed by atoms with Gasteiger partial charge in [0.15, 0.2) is 0 Å². The minimum absolute atomic E-state index is 0.128. The van der Waals surface area contributed by atoms with Crippen LogP contribution in [0.3, 0.4) is 0 Å². The molecule has 0 aliphatic rings. The molecule has 1 N–H and O–H groups in total. The third-order valence-electron chi connectivity index (χ3n) is 2.44. The second kappa shape index (κ2) is 5.07. The van der Waals surface area contributed by atoms with Crippen LogP contribution < -0.4 is 5.32 Å². The van der Waals surface area contributed by atoms with E-state index in [2.05, 4.69) is 10.3 Å². The van der Waals surface area contributed by atoms with Gasteiger partial charge in [0.25, 0.3) is 0 Å². The summed E-state index contributed by atoms with van der Waals surface area (Å²) in [6.07, 6.45) is -1.94. The van der Waals surface area contributed by atoms with Crippen molar-refractivity contribution in [1.29, 1.82) is 0 Å². The number of thiophene rings is 1. The first kappa shape index (κ1) is 13.0. The summed E-state index contributed by atoms with van der Waals surface area (Å²) in [7, 11) is 1.80. The molecule has 0 amide bonds. The number of aromatic nitrogens is 1. The molecule has 0 saturated heterocycles. The Balaban J connectivity index is 2.43. The lowest BCUT2D eigenvalue weighted by Crippen LogP contribution is -2.07. The van der Waals surface area contributed by atoms with Gasteiger partial charge in [-0.05, 0) is 30.1 Å². The Morgan fingerprint density at radius 1 is 1.39 bits per heavy atom. The van der Waals surface area contributed by atoms with Crippen LogP contribution in [0.1, 0.15) is 10.4 Å². The third kappa shape index (κ3) is 2.70. The second-order valence-electron chi connectivity index (χ2n) is 3.75. The highest BCUT2D eigenvalue weighted by atomic mass is 32.1. The Morgan fingerprint density at radius 2 is 2.17 bits per heavy atom. The molecule has 0 saturated carbocycles. The van der Waals surface area contributed by atoms with E-state index in [1.165, 1.54) is 17.5 Å². The number of hydrogen-bond acceptors (Lipinski definition) is 3. The summed E-state index contributed by atoms with van der Waals surface area (Å²) in [4.78, 5) is 4.77. The number of halogens is 3. The zero-order valence-corrected chi connectivity index (χ0v) is 10.4. The standard InChI is InChI=1S/C12H11F3N2S/c1-16-5-9-4-8(7-18-9)10-6-17-3-2-11(10)12(13,14)15/h2-4,6-7,16H,5H2,1H3. The lowest BCUT2D eigenvalue weighted by molar-refractivity contribution is -0.137. The molecule has 0 aliphatic carbocycles. The van der Waals surface area contributed by atoms with Crippen molar-refractivity contribution in [1.82, 2.24) is 10.3 Å². The molecule has 0 aromatic carbocycles. The molecule has 96 valence electrons. The monoisotopic (exact) mass is 272 g/mol. The predicted octanol–water partition coefficient (Wildman–Crippen LogP) is 3.55. The smallest absolute Gasteiger partial charge is 0.315 e. The summed E-state index contributed by atoms with van der Waals surface area (Å²) in [5, 5.41) is 4.69. The normalized spacial score (nSPS) is 11.8. The predicted molar refractivity (Wildman–Crippen MR) is 65.3 cm³/mol. The summed E-state index contributed by atoms with van der Waals surface area (Å²) >= 11 is 1.43. The molecular weight excluding hydrogens is 261 g/mol. The van der Waals surface area contributed by atoms with E-state index in [1.807, 2.05) is 0 Å². The average Bonchev–Trinajstić information content (AvgIpc) is 2.77. The van der Waals surface area contributed by atoms with Gasteiger partial charge in [-0.3, -0.25) is 4.98 Å². The Hall–Kier alpha value is -1.40. The van der Waals surface area contributed by atoms with Gasteiger partial charge in [-0.25, -0.2) is 0 Å². The maximum Gasteiger partial charge on any atom is 0.417 e. The van der Waals surface area contributed by atoms with Crippen LogP contribution in [-0.2, 0) is 12.7 Å². The Bertz CT molecular complexity index is 534. The molecule has 2 aromatic rings. The van der Waals surface area contributed by atoms with Gasteiger partial charge in [0.05, 0.1) is 5.56 Å². The second-order valence-corrected chi connectivity index (χ2v) is 4.75. The Kier molecular flexibility index (Phi) is 3.68. The quantitative estimate of drug-likeness (QED) is 0.924. The van der Waals surface area contributed by atoms with Gasteiger partial charge in [-0.1, -0.05) is 0 Å². The molecule has 0 spiro atoms. The fourth-order valence-electron chi connectivity index (χ4n) is 1.66. The first-order chi connectivity index (χ1) is 8.52. The van der Waals surface area contributed by atoms with Crippen molar-refractivity contribution in [3.63, 3.8) is 0 Å². The fourth-order valence-corrected chi connectivity index (χ4v) is 2.56. The van der Waals surface area contributed by atoms with Crippen LogP contribution in [-0.4, -0.2) is 12.0 Å². The molecule has 2 nitrogen and oxygen atoms in total. The molecule has 2 aromatic heterocycles. The van der Waals surface area contributed by atoms with Gasteiger partial charge in [-0.2, -0.15) is 13.2 Å². The molecule has 6 heteroatoms. The summed E-state index contributed by atoms with van der Waals surface area (Å²) in [5.74, 6) is 0. The maximum atomic E-state index is 12.9. The van der Waals surface area contributed by atoms with Crippen molar-refractivity contribution in [3.8, 4) is 11.1 Å². The topological polar surface area (TPSA) is 24.9 Å². The van der Waals surface area contributed by atoms with E-state index in [9.17, 15) is 13.2 Å². The van der Waals surface area contributed by atoms with Crippen LogP contribution in [0.4, 0.5) is 13.2 Å². The minimum Gasteiger partial charge on any atom is -0.315 e. The van der Waals surface area contributed by atoms with Crippen molar-refractivity contribution < 1.29 is 13.2 Å². The molecule has 18 heavy (non-hydrogen) atoms. The molecule has 0 unspecified atom stereocenters. The van der Waals surface area contributed by atoms with E-state index in [4.69, 9.17) is 0 Å². The highest BCUT2D eigenvalue weighted by Gasteiger charge is 2.33. The molecule has 2 heterocycles. The van der Waals surface area contributed by atoms with Crippen LogP contribution in [0.25, 0.3) is 11.1 Å². The Labute approximate surface area is 106 Å². The van der Waals surface area contributed by atoms with E-state index in [0.717, 1.165) is 17.1 Å². The van der Waals surface area contributed by atoms with E-state index in [0.29, 0.717) is 12.1 Å². The molecule has 2 rings (SSSR count). The molecule has 0 fully saturated rings. The SMILES string of the molecule is CNCc1cc(-c2cnccc2C(F)(F)F)cs1. The number of pyridine rings is 1. The summed E-state index contributed by atoms with van der Waals surface area (Å²) in [6.45, 7) is 0.645. The van der Waals surface area contributed by atoms with Crippen molar-refractivity contribution >= 4 is 11.3 Å². The number of rotatable bonds is 3. The molecule has 0 aliphatic heterocycles. The van der Waals surface area contributed by atoms with Crippen molar-refractivity contribution in [2.75, 3.05) is 7.05 Å². The van der Waals surface area contributed by atoms with Crippen LogP contribution in [0.2, 0.25) is 0 Å². The summed E-state index contributed by atoms with van der Waals surface area (Å²) in [5.41, 5.74) is 0.0422. The summed E-state index contributed by atoms with van der Waals surface area (Å²) < 4.78 is 38.6. The summed E-state index contributed by atoms with van der Waals surface area (Å²) in [6, 6.07) is 2.76. The van der Waals surface area contributed by atoms with Gasteiger partial charge >= 0.3 is 6.18 Å². The highest BCUT2D eigenvalue weighted by molar-refractivity contribution is 7.10. The average molecular weight is 272 g/mol. The molecule has 0 bridgehead atoms. The number of nitrogens with one attached hydrogen (secondary N) is 1. The molecule has 0 atom stereocenters. The zero-order chi connectivity index (χ0) is 13.2.